The van der Waals surface area contributed by atoms with Crippen LogP contribution in [0, 0.1) is 0 Å². The van der Waals surface area contributed by atoms with Crippen LogP contribution in [0.3, 0.4) is 0 Å². The zero-order valence-corrected chi connectivity index (χ0v) is 8.04. The first-order valence-corrected chi connectivity index (χ1v) is 4.58. The van der Waals surface area contributed by atoms with Gasteiger partial charge in [-0.1, -0.05) is 0 Å². The smallest absolute Gasteiger partial charge is 0.426 e. The van der Waals surface area contributed by atoms with E-state index in [0.717, 1.165) is 6.42 Å². The molecule has 0 aromatic heterocycles. The van der Waals surface area contributed by atoms with Crippen LogP contribution >= 0.6 is 0 Å². The Morgan fingerprint density at radius 1 is 1.50 bits per heavy atom. The standard InChI is InChI=1S/C8H14N2O4/c1-2-13-8(12)10-9-7(11)6-4-3-5-14-6/h6H,2-5H2,1H3,(H,9,11)(H,10,12). The van der Waals surface area contributed by atoms with Crippen LogP contribution in [-0.2, 0) is 14.3 Å². The van der Waals surface area contributed by atoms with Crippen molar-refractivity contribution in [2.24, 2.45) is 0 Å². The van der Waals surface area contributed by atoms with Gasteiger partial charge in [0.15, 0.2) is 0 Å². The Labute approximate surface area is 81.9 Å². The summed E-state index contributed by atoms with van der Waals surface area (Å²) in [6.07, 6.45) is 0.448. The van der Waals surface area contributed by atoms with E-state index in [2.05, 4.69) is 15.6 Å². The molecule has 1 fully saturated rings. The molecule has 6 nitrogen and oxygen atoms in total. The summed E-state index contributed by atoms with van der Waals surface area (Å²) in [7, 11) is 0. The highest BCUT2D eigenvalue weighted by Gasteiger charge is 2.23. The first-order valence-electron chi connectivity index (χ1n) is 4.58. The van der Waals surface area contributed by atoms with Gasteiger partial charge in [-0.25, -0.2) is 10.2 Å². The fourth-order valence-electron chi connectivity index (χ4n) is 1.14. The first-order chi connectivity index (χ1) is 6.74. The quantitative estimate of drug-likeness (QED) is 0.615. The van der Waals surface area contributed by atoms with E-state index in [1.54, 1.807) is 6.92 Å². The molecular formula is C8H14N2O4. The Hall–Kier alpha value is -1.30. The normalized spacial score (nSPS) is 20.2. The molecule has 2 amide bonds. The SMILES string of the molecule is CCOC(=O)NNC(=O)C1CCCO1. The molecule has 1 unspecified atom stereocenters. The van der Waals surface area contributed by atoms with Crippen molar-refractivity contribution in [3.8, 4) is 0 Å². The summed E-state index contributed by atoms with van der Waals surface area (Å²) in [5.74, 6) is -0.337. The Bertz CT molecular complexity index is 213. The van der Waals surface area contributed by atoms with Gasteiger partial charge < -0.3 is 9.47 Å². The number of hydrogen-bond donors (Lipinski definition) is 2. The highest BCUT2D eigenvalue weighted by molar-refractivity contribution is 5.82. The first kappa shape index (κ1) is 10.8. The van der Waals surface area contributed by atoms with Crippen molar-refractivity contribution >= 4 is 12.0 Å². The maximum Gasteiger partial charge on any atom is 0.426 e. The van der Waals surface area contributed by atoms with Gasteiger partial charge in [0.05, 0.1) is 6.61 Å². The summed E-state index contributed by atoms with van der Waals surface area (Å²) < 4.78 is 9.65. The fraction of sp³-hybridized carbons (Fsp3) is 0.750. The second-order valence-electron chi connectivity index (χ2n) is 2.84. The summed E-state index contributed by atoms with van der Waals surface area (Å²) in [6, 6.07) is 0. The molecule has 1 aliphatic rings. The molecule has 1 heterocycles. The number of hydrogen-bond acceptors (Lipinski definition) is 4. The molecule has 0 aliphatic carbocycles. The molecule has 1 saturated heterocycles. The molecule has 0 spiro atoms. The van der Waals surface area contributed by atoms with Crippen molar-refractivity contribution in [2.75, 3.05) is 13.2 Å². The van der Waals surface area contributed by atoms with E-state index < -0.39 is 12.2 Å². The number of hydrazine groups is 1. The van der Waals surface area contributed by atoms with Crippen LogP contribution in [0.5, 0.6) is 0 Å². The molecule has 1 rings (SSSR count). The second-order valence-corrected chi connectivity index (χ2v) is 2.84. The molecule has 2 N–H and O–H groups in total. The molecule has 0 aromatic rings. The van der Waals surface area contributed by atoms with E-state index in [9.17, 15) is 9.59 Å². The minimum atomic E-state index is -0.668. The van der Waals surface area contributed by atoms with Crippen LogP contribution in [0.4, 0.5) is 4.79 Å². The van der Waals surface area contributed by atoms with Gasteiger partial charge in [0.25, 0.3) is 5.91 Å². The van der Waals surface area contributed by atoms with E-state index in [4.69, 9.17) is 4.74 Å². The maximum absolute atomic E-state index is 11.2. The summed E-state index contributed by atoms with van der Waals surface area (Å²) in [4.78, 5) is 22.0. The van der Waals surface area contributed by atoms with Gasteiger partial charge >= 0.3 is 6.09 Å². The van der Waals surface area contributed by atoms with Crippen molar-refractivity contribution in [1.82, 2.24) is 10.9 Å². The highest BCUT2D eigenvalue weighted by Crippen LogP contribution is 2.11. The van der Waals surface area contributed by atoms with Crippen LogP contribution in [-0.4, -0.2) is 31.3 Å². The van der Waals surface area contributed by atoms with Crippen LogP contribution in [0.2, 0.25) is 0 Å². The van der Waals surface area contributed by atoms with Crippen molar-refractivity contribution < 1.29 is 19.1 Å². The fourth-order valence-corrected chi connectivity index (χ4v) is 1.14. The van der Waals surface area contributed by atoms with E-state index in [1.165, 1.54) is 0 Å². The number of rotatable bonds is 2. The van der Waals surface area contributed by atoms with Crippen LogP contribution in [0.1, 0.15) is 19.8 Å². The molecule has 6 heteroatoms. The predicted molar refractivity (Wildman–Crippen MR) is 47.3 cm³/mol. The number of carbonyl (C=O) groups is 2. The summed E-state index contributed by atoms with van der Waals surface area (Å²) >= 11 is 0. The predicted octanol–water partition coefficient (Wildman–Crippen LogP) is -0.0573. The third-order valence-electron chi connectivity index (χ3n) is 1.79. The number of carbonyl (C=O) groups excluding carboxylic acids is 2. The summed E-state index contributed by atoms with van der Waals surface area (Å²) in [5, 5.41) is 0. The van der Waals surface area contributed by atoms with E-state index in [-0.39, 0.29) is 12.5 Å². The molecule has 0 saturated carbocycles. The summed E-state index contributed by atoms with van der Waals surface area (Å²) in [5.41, 5.74) is 4.34. The molecule has 1 atom stereocenters. The molecule has 0 radical (unpaired) electrons. The molecule has 0 aromatic carbocycles. The number of nitrogens with one attached hydrogen (secondary N) is 2. The lowest BCUT2D eigenvalue weighted by Crippen LogP contribution is -2.46. The minimum Gasteiger partial charge on any atom is -0.449 e. The average molecular weight is 202 g/mol. The Balaban J connectivity index is 2.17. The number of ether oxygens (including phenoxy) is 2. The Morgan fingerprint density at radius 3 is 2.86 bits per heavy atom. The van der Waals surface area contributed by atoms with Gasteiger partial charge in [-0.2, -0.15) is 0 Å². The van der Waals surface area contributed by atoms with Gasteiger partial charge in [0.1, 0.15) is 6.10 Å². The van der Waals surface area contributed by atoms with Crippen molar-refractivity contribution in [3.05, 3.63) is 0 Å². The van der Waals surface area contributed by atoms with Crippen LogP contribution < -0.4 is 10.9 Å². The Kier molecular flexibility index (Phi) is 4.18. The molecule has 1 aliphatic heterocycles. The third-order valence-corrected chi connectivity index (χ3v) is 1.79. The zero-order valence-electron chi connectivity index (χ0n) is 8.04. The minimum absolute atomic E-state index is 0.266. The summed E-state index contributed by atoms with van der Waals surface area (Å²) in [6.45, 7) is 2.54. The molecule has 0 bridgehead atoms. The van der Waals surface area contributed by atoms with Crippen LogP contribution in [0.25, 0.3) is 0 Å². The van der Waals surface area contributed by atoms with Crippen molar-refractivity contribution in [1.29, 1.82) is 0 Å². The third kappa shape index (κ3) is 3.21. The van der Waals surface area contributed by atoms with E-state index >= 15 is 0 Å². The Morgan fingerprint density at radius 2 is 2.29 bits per heavy atom. The van der Waals surface area contributed by atoms with E-state index in [1.807, 2.05) is 0 Å². The van der Waals surface area contributed by atoms with Crippen molar-refractivity contribution in [3.63, 3.8) is 0 Å². The largest absolute Gasteiger partial charge is 0.449 e. The maximum atomic E-state index is 11.2. The molecule has 14 heavy (non-hydrogen) atoms. The van der Waals surface area contributed by atoms with E-state index in [0.29, 0.717) is 13.0 Å². The number of amides is 2. The van der Waals surface area contributed by atoms with Gasteiger partial charge in [-0.15, -0.1) is 0 Å². The molecule has 80 valence electrons. The van der Waals surface area contributed by atoms with Gasteiger partial charge in [0, 0.05) is 6.61 Å². The monoisotopic (exact) mass is 202 g/mol. The van der Waals surface area contributed by atoms with Gasteiger partial charge in [-0.3, -0.25) is 10.2 Å². The lowest BCUT2D eigenvalue weighted by Gasteiger charge is -2.10. The van der Waals surface area contributed by atoms with Gasteiger partial charge in [-0.05, 0) is 19.8 Å². The van der Waals surface area contributed by atoms with Crippen molar-refractivity contribution in [2.45, 2.75) is 25.9 Å². The average Bonchev–Trinajstić information content (AvgIpc) is 2.67. The zero-order chi connectivity index (χ0) is 10.4. The topological polar surface area (TPSA) is 76.7 Å². The van der Waals surface area contributed by atoms with Crippen LogP contribution in [0.15, 0.2) is 0 Å². The van der Waals surface area contributed by atoms with Gasteiger partial charge in [0.2, 0.25) is 0 Å². The highest BCUT2D eigenvalue weighted by atomic mass is 16.6. The second kappa shape index (κ2) is 5.43. The lowest BCUT2D eigenvalue weighted by atomic mass is 10.2. The molecular weight excluding hydrogens is 188 g/mol. The lowest BCUT2D eigenvalue weighted by molar-refractivity contribution is -0.130.